The van der Waals surface area contributed by atoms with Crippen LogP contribution in [0.3, 0.4) is 0 Å². The highest BCUT2D eigenvalue weighted by molar-refractivity contribution is 5.96. The van der Waals surface area contributed by atoms with Crippen LogP contribution in [0.2, 0.25) is 0 Å². The van der Waals surface area contributed by atoms with E-state index in [4.69, 9.17) is 4.74 Å². The maximum Gasteiger partial charge on any atom is 0.159 e. The minimum absolute atomic E-state index is 0.00165. The molecule has 3 heteroatoms. The summed E-state index contributed by atoms with van der Waals surface area (Å²) < 4.78 is 5.35. The van der Waals surface area contributed by atoms with Gasteiger partial charge in [-0.05, 0) is 31.5 Å². The van der Waals surface area contributed by atoms with E-state index in [0.717, 1.165) is 11.1 Å². The van der Waals surface area contributed by atoms with Crippen molar-refractivity contribution in [1.29, 1.82) is 0 Å². The van der Waals surface area contributed by atoms with Gasteiger partial charge in [0.15, 0.2) is 11.6 Å². The van der Waals surface area contributed by atoms with Gasteiger partial charge >= 0.3 is 0 Å². The SMILES string of the molecule is COc1cc(C(C)=O)ccc1-c1ccc(C(C)=O)cc1. The molecule has 0 aliphatic heterocycles. The predicted octanol–water partition coefficient (Wildman–Crippen LogP) is 3.77. The van der Waals surface area contributed by atoms with E-state index in [1.807, 2.05) is 18.2 Å². The summed E-state index contributed by atoms with van der Waals surface area (Å²) in [5, 5.41) is 0. The van der Waals surface area contributed by atoms with Gasteiger partial charge in [-0.3, -0.25) is 9.59 Å². The Kier molecular flexibility index (Phi) is 3.99. The van der Waals surface area contributed by atoms with Crippen molar-refractivity contribution in [3.8, 4) is 16.9 Å². The van der Waals surface area contributed by atoms with Crippen LogP contribution < -0.4 is 4.74 Å². The molecule has 0 saturated carbocycles. The largest absolute Gasteiger partial charge is 0.496 e. The standard InChI is InChI=1S/C17H16O3/c1-11(18)13-4-6-14(7-5-13)16-9-8-15(12(2)19)10-17(16)20-3/h4-10H,1-3H3. The topological polar surface area (TPSA) is 43.4 Å². The number of hydrogen-bond donors (Lipinski definition) is 0. The van der Waals surface area contributed by atoms with Crippen molar-refractivity contribution in [3.05, 3.63) is 53.6 Å². The zero-order chi connectivity index (χ0) is 14.7. The highest BCUT2D eigenvalue weighted by Crippen LogP contribution is 2.31. The fourth-order valence-electron chi connectivity index (χ4n) is 2.03. The molecule has 0 amide bonds. The Hall–Kier alpha value is -2.42. The lowest BCUT2D eigenvalue weighted by Crippen LogP contribution is -1.96. The smallest absolute Gasteiger partial charge is 0.159 e. The highest BCUT2D eigenvalue weighted by atomic mass is 16.5. The van der Waals surface area contributed by atoms with E-state index in [0.29, 0.717) is 16.9 Å². The Morgan fingerprint density at radius 3 is 1.90 bits per heavy atom. The predicted molar refractivity (Wildman–Crippen MR) is 78.4 cm³/mol. The minimum atomic E-state index is 0.00165. The number of rotatable bonds is 4. The lowest BCUT2D eigenvalue weighted by molar-refractivity contribution is 0.100. The summed E-state index contributed by atoms with van der Waals surface area (Å²) in [7, 11) is 1.58. The summed E-state index contributed by atoms with van der Waals surface area (Å²) >= 11 is 0. The maximum absolute atomic E-state index is 11.4. The van der Waals surface area contributed by atoms with Crippen LogP contribution in [0.25, 0.3) is 11.1 Å². The normalized spacial score (nSPS) is 10.2. The zero-order valence-electron chi connectivity index (χ0n) is 11.8. The molecule has 3 nitrogen and oxygen atoms in total. The van der Waals surface area contributed by atoms with E-state index >= 15 is 0 Å². The van der Waals surface area contributed by atoms with Crippen molar-refractivity contribution < 1.29 is 14.3 Å². The zero-order valence-corrected chi connectivity index (χ0v) is 11.8. The molecule has 2 rings (SSSR count). The summed E-state index contributed by atoms with van der Waals surface area (Å²) in [5.41, 5.74) is 3.13. The number of benzene rings is 2. The number of Topliss-reactive ketones (excluding diaryl/α,β-unsaturated/α-hetero) is 2. The monoisotopic (exact) mass is 268 g/mol. The lowest BCUT2D eigenvalue weighted by Gasteiger charge is -2.10. The molecule has 0 spiro atoms. The third-order valence-corrected chi connectivity index (χ3v) is 3.21. The van der Waals surface area contributed by atoms with Crippen LogP contribution in [-0.2, 0) is 0 Å². The first-order chi connectivity index (χ1) is 9.52. The van der Waals surface area contributed by atoms with Crippen molar-refractivity contribution in [3.63, 3.8) is 0 Å². The first-order valence-electron chi connectivity index (χ1n) is 6.33. The van der Waals surface area contributed by atoms with Crippen molar-refractivity contribution in [2.75, 3.05) is 7.11 Å². The van der Waals surface area contributed by atoms with Gasteiger partial charge in [0, 0.05) is 16.7 Å². The van der Waals surface area contributed by atoms with E-state index in [9.17, 15) is 9.59 Å². The second-order valence-corrected chi connectivity index (χ2v) is 4.60. The summed E-state index contributed by atoms with van der Waals surface area (Å²) in [4.78, 5) is 22.7. The second-order valence-electron chi connectivity index (χ2n) is 4.60. The van der Waals surface area contributed by atoms with Crippen LogP contribution in [0.15, 0.2) is 42.5 Å². The molecular formula is C17H16O3. The van der Waals surface area contributed by atoms with Crippen LogP contribution in [-0.4, -0.2) is 18.7 Å². The van der Waals surface area contributed by atoms with Gasteiger partial charge < -0.3 is 4.74 Å². The average Bonchev–Trinajstić information content (AvgIpc) is 2.46. The average molecular weight is 268 g/mol. The molecule has 0 atom stereocenters. The Labute approximate surface area is 118 Å². The quantitative estimate of drug-likeness (QED) is 0.793. The maximum atomic E-state index is 11.4. The van der Waals surface area contributed by atoms with Crippen LogP contribution in [0.5, 0.6) is 5.75 Å². The number of methoxy groups -OCH3 is 1. The van der Waals surface area contributed by atoms with E-state index < -0.39 is 0 Å². The molecule has 20 heavy (non-hydrogen) atoms. The molecule has 2 aromatic carbocycles. The number of ether oxygens (including phenoxy) is 1. The van der Waals surface area contributed by atoms with Gasteiger partial charge in [-0.2, -0.15) is 0 Å². The molecule has 102 valence electrons. The fourth-order valence-corrected chi connectivity index (χ4v) is 2.03. The van der Waals surface area contributed by atoms with Gasteiger partial charge in [0.1, 0.15) is 5.75 Å². The molecule has 0 radical (unpaired) electrons. The van der Waals surface area contributed by atoms with E-state index in [2.05, 4.69) is 0 Å². The van der Waals surface area contributed by atoms with Crippen LogP contribution in [0.4, 0.5) is 0 Å². The molecule has 0 aromatic heterocycles. The third-order valence-electron chi connectivity index (χ3n) is 3.21. The molecule has 0 saturated heterocycles. The molecule has 0 heterocycles. The molecule has 0 aliphatic carbocycles. The van der Waals surface area contributed by atoms with Crippen molar-refractivity contribution >= 4 is 11.6 Å². The van der Waals surface area contributed by atoms with Crippen molar-refractivity contribution in [2.45, 2.75) is 13.8 Å². The first kappa shape index (κ1) is 14.0. The molecule has 0 bridgehead atoms. The lowest BCUT2D eigenvalue weighted by atomic mass is 9.99. The molecule has 0 aliphatic rings. The summed E-state index contributed by atoms with van der Waals surface area (Å²) in [6, 6.07) is 12.7. The molecule has 2 aromatic rings. The molecule has 0 unspecified atom stereocenters. The van der Waals surface area contributed by atoms with Gasteiger partial charge in [0.25, 0.3) is 0 Å². The molecule has 0 fully saturated rings. The number of carbonyl (C=O) groups is 2. The molecular weight excluding hydrogens is 252 g/mol. The van der Waals surface area contributed by atoms with Gasteiger partial charge in [-0.15, -0.1) is 0 Å². The minimum Gasteiger partial charge on any atom is -0.496 e. The van der Waals surface area contributed by atoms with Gasteiger partial charge in [0.05, 0.1) is 7.11 Å². The molecule has 0 N–H and O–H groups in total. The number of ketones is 2. The van der Waals surface area contributed by atoms with Crippen LogP contribution in [0.1, 0.15) is 34.6 Å². The van der Waals surface area contributed by atoms with Crippen LogP contribution >= 0.6 is 0 Å². The summed E-state index contributed by atoms with van der Waals surface area (Å²) in [6.45, 7) is 3.06. The summed E-state index contributed by atoms with van der Waals surface area (Å²) in [6.07, 6.45) is 0. The van der Waals surface area contributed by atoms with Crippen LogP contribution in [0, 0.1) is 0 Å². The number of hydrogen-bond acceptors (Lipinski definition) is 3. The van der Waals surface area contributed by atoms with Crippen molar-refractivity contribution in [1.82, 2.24) is 0 Å². The Morgan fingerprint density at radius 1 is 0.850 bits per heavy atom. The Balaban J connectivity index is 2.46. The number of carbonyl (C=O) groups excluding carboxylic acids is 2. The Bertz CT molecular complexity index is 654. The van der Waals surface area contributed by atoms with E-state index in [1.54, 1.807) is 31.4 Å². The second kappa shape index (κ2) is 5.70. The van der Waals surface area contributed by atoms with Gasteiger partial charge in [-0.1, -0.05) is 30.3 Å². The van der Waals surface area contributed by atoms with E-state index in [1.165, 1.54) is 13.8 Å². The van der Waals surface area contributed by atoms with Gasteiger partial charge in [-0.25, -0.2) is 0 Å². The van der Waals surface area contributed by atoms with Crippen molar-refractivity contribution in [2.24, 2.45) is 0 Å². The summed E-state index contributed by atoms with van der Waals surface area (Å²) in [5.74, 6) is 0.686. The van der Waals surface area contributed by atoms with Gasteiger partial charge in [0.2, 0.25) is 0 Å². The third kappa shape index (κ3) is 2.77. The Morgan fingerprint density at radius 2 is 1.40 bits per heavy atom. The highest BCUT2D eigenvalue weighted by Gasteiger charge is 2.09. The fraction of sp³-hybridized carbons (Fsp3) is 0.176. The first-order valence-corrected chi connectivity index (χ1v) is 6.33. The van der Waals surface area contributed by atoms with E-state index in [-0.39, 0.29) is 11.6 Å².